The van der Waals surface area contributed by atoms with Crippen molar-refractivity contribution in [1.82, 2.24) is 4.57 Å². The van der Waals surface area contributed by atoms with Gasteiger partial charge in [-0.2, -0.15) is 0 Å². The molecule has 0 aliphatic heterocycles. The summed E-state index contributed by atoms with van der Waals surface area (Å²) in [5.74, 6) is -2.33. The molecule has 2 unspecified atom stereocenters. The molecule has 1 aromatic heterocycles. The van der Waals surface area contributed by atoms with Gasteiger partial charge in [-0.05, 0) is 67.8 Å². The van der Waals surface area contributed by atoms with Crippen LogP contribution in [0.1, 0.15) is 53.9 Å². The zero-order chi connectivity index (χ0) is 28.6. The zero-order valence-electron chi connectivity index (χ0n) is 22.2. The third kappa shape index (κ3) is 4.57. The van der Waals surface area contributed by atoms with Crippen molar-refractivity contribution in [1.29, 1.82) is 5.41 Å². The molecule has 4 aromatic rings. The highest BCUT2D eigenvalue weighted by atomic mass is 19.1. The van der Waals surface area contributed by atoms with Crippen LogP contribution in [-0.4, -0.2) is 40.2 Å². The molecule has 204 valence electrons. The Balaban J connectivity index is 2.31. The number of nitrogen functional groups attached to an aromatic ring is 1. The number of halogens is 2. The average Bonchev–Trinajstić information content (AvgIpc) is 3.27. The van der Waals surface area contributed by atoms with Gasteiger partial charge in [-0.15, -0.1) is 0 Å². The maximum Gasteiger partial charge on any atom is 0.335 e. The quantitative estimate of drug-likeness (QED) is 0.151. The smallest absolute Gasteiger partial charge is 0.335 e. The fourth-order valence-corrected chi connectivity index (χ4v) is 5.15. The molecule has 0 aliphatic rings. The molecular weight excluding hydrogens is 504 g/mol. The second kappa shape index (κ2) is 10.6. The van der Waals surface area contributed by atoms with Gasteiger partial charge in [0, 0.05) is 35.5 Å². The van der Waals surface area contributed by atoms with E-state index in [0.29, 0.717) is 34.3 Å². The lowest BCUT2D eigenvalue weighted by molar-refractivity contribution is -0.0985. The molecule has 0 spiro atoms. The second-order valence-electron chi connectivity index (χ2n) is 9.66. The SMILES string of the molecule is CCCC(O)(c1c(-c2ccc(C(=O)O)cc2)c2c(F)c(N)c(C=N)cc2n1-c1ccc(F)c(C)c1)C(C)OC. The molecule has 0 aliphatic carbocycles. The summed E-state index contributed by atoms with van der Waals surface area (Å²) in [5, 5.41) is 29.7. The summed E-state index contributed by atoms with van der Waals surface area (Å²) < 4.78 is 37.8. The molecule has 39 heavy (non-hydrogen) atoms. The summed E-state index contributed by atoms with van der Waals surface area (Å²) in [4.78, 5) is 11.5. The number of nitrogens with zero attached hydrogens (tertiary/aromatic N) is 1. The van der Waals surface area contributed by atoms with Gasteiger partial charge in [0.25, 0.3) is 0 Å². The number of anilines is 1. The minimum atomic E-state index is -1.67. The number of methoxy groups -OCH3 is 1. The maximum atomic E-state index is 16.2. The van der Waals surface area contributed by atoms with Crippen LogP contribution in [0.4, 0.5) is 14.5 Å². The van der Waals surface area contributed by atoms with E-state index < -0.39 is 29.3 Å². The number of aromatic carboxylic acids is 1. The van der Waals surface area contributed by atoms with Gasteiger partial charge in [-0.1, -0.05) is 25.5 Å². The van der Waals surface area contributed by atoms with Gasteiger partial charge in [0.1, 0.15) is 11.4 Å². The molecule has 0 radical (unpaired) electrons. The predicted molar refractivity (Wildman–Crippen MR) is 148 cm³/mol. The first kappa shape index (κ1) is 27.9. The van der Waals surface area contributed by atoms with Crippen LogP contribution in [0.5, 0.6) is 0 Å². The Morgan fingerprint density at radius 1 is 1.21 bits per heavy atom. The van der Waals surface area contributed by atoms with Crippen molar-refractivity contribution in [2.24, 2.45) is 0 Å². The molecule has 0 saturated carbocycles. The Morgan fingerprint density at radius 3 is 2.41 bits per heavy atom. The number of aliphatic hydroxyl groups is 1. The van der Waals surface area contributed by atoms with Crippen molar-refractivity contribution in [2.75, 3.05) is 12.8 Å². The fraction of sp³-hybridized carbons (Fsp3) is 0.267. The Kier molecular flexibility index (Phi) is 7.59. The monoisotopic (exact) mass is 535 g/mol. The highest BCUT2D eigenvalue weighted by molar-refractivity contribution is 6.05. The second-order valence-corrected chi connectivity index (χ2v) is 9.66. The predicted octanol–water partition coefficient (Wildman–Crippen LogP) is 6.18. The number of hydrogen-bond donors (Lipinski definition) is 4. The third-order valence-corrected chi connectivity index (χ3v) is 7.31. The van der Waals surface area contributed by atoms with Crippen molar-refractivity contribution in [3.8, 4) is 16.8 Å². The molecule has 1 heterocycles. The van der Waals surface area contributed by atoms with E-state index in [1.54, 1.807) is 42.7 Å². The van der Waals surface area contributed by atoms with Crippen LogP contribution in [0.15, 0.2) is 48.5 Å². The molecular formula is C30H31F2N3O4. The number of carboxylic acids is 1. The number of nitrogens with one attached hydrogen (secondary N) is 1. The molecule has 0 bridgehead atoms. The molecule has 2 atom stereocenters. The first-order valence-corrected chi connectivity index (χ1v) is 12.5. The lowest BCUT2D eigenvalue weighted by Crippen LogP contribution is -2.41. The van der Waals surface area contributed by atoms with Crippen molar-refractivity contribution in [3.63, 3.8) is 0 Å². The van der Waals surface area contributed by atoms with E-state index >= 15 is 4.39 Å². The lowest BCUT2D eigenvalue weighted by Gasteiger charge is -2.35. The number of aryl methyl sites for hydroxylation is 1. The van der Waals surface area contributed by atoms with E-state index in [4.69, 9.17) is 15.9 Å². The van der Waals surface area contributed by atoms with Crippen molar-refractivity contribution in [3.05, 3.63) is 82.5 Å². The molecule has 5 N–H and O–H groups in total. The Hall–Kier alpha value is -4.08. The fourth-order valence-electron chi connectivity index (χ4n) is 5.15. The zero-order valence-corrected chi connectivity index (χ0v) is 22.2. The van der Waals surface area contributed by atoms with Crippen molar-refractivity contribution < 1.29 is 28.5 Å². The maximum absolute atomic E-state index is 16.2. The van der Waals surface area contributed by atoms with Gasteiger partial charge < -0.3 is 30.7 Å². The van der Waals surface area contributed by atoms with Crippen LogP contribution in [0.25, 0.3) is 27.7 Å². The Morgan fingerprint density at radius 2 is 1.87 bits per heavy atom. The van der Waals surface area contributed by atoms with Gasteiger partial charge in [-0.25, -0.2) is 13.6 Å². The van der Waals surface area contributed by atoms with E-state index in [1.807, 2.05) is 6.92 Å². The number of carboxylic acid groups (broad SMARTS) is 1. The summed E-state index contributed by atoms with van der Waals surface area (Å²) in [6.07, 6.45) is 0.957. The van der Waals surface area contributed by atoms with Crippen LogP contribution in [0.2, 0.25) is 0 Å². The van der Waals surface area contributed by atoms with Crippen LogP contribution in [-0.2, 0) is 10.3 Å². The highest BCUT2D eigenvalue weighted by Crippen LogP contribution is 2.47. The molecule has 7 nitrogen and oxygen atoms in total. The number of benzene rings is 3. The molecule has 0 fully saturated rings. The van der Waals surface area contributed by atoms with Gasteiger partial charge in [-0.3, -0.25) is 0 Å². The van der Waals surface area contributed by atoms with Gasteiger partial charge >= 0.3 is 5.97 Å². The Labute approximate surface area is 225 Å². The van der Waals surface area contributed by atoms with Crippen LogP contribution < -0.4 is 5.73 Å². The van der Waals surface area contributed by atoms with Crippen LogP contribution in [0, 0.1) is 24.0 Å². The van der Waals surface area contributed by atoms with Gasteiger partial charge in [0.2, 0.25) is 0 Å². The number of fused-ring (bicyclic) bond motifs is 1. The largest absolute Gasteiger partial charge is 0.478 e. The average molecular weight is 536 g/mol. The number of nitrogens with two attached hydrogens (primary N) is 1. The summed E-state index contributed by atoms with van der Waals surface area (Å²) >= 11 is 0. The lowest BCUT2D eigenvalue weighted by atomic mass is 9.84. The summed E-state index contributed by atoms with van der Waals surface area (Å²) in [6.45, 7) is 5.21. The summed E-state index contributed by atoms with van der Waals surface area (Å²) in [7, 11) is 1.47. The molecule has 0 saturated heterocycles. The third-order valence-electron chi connectivity index (χ3n) is 7.31. The van der Waals surface area contributed by atoms with Gasteiger partial charge in [0.05, 0.1) is 28.6 Å². The minimum absolute atomic E-state index is 0.0401. The summed E-state index contributed by atoms with van der Waals surface area (Å²) in [6, 6.07) is 11.9. The summed E-state index contributed by atoms with van der Waals surface area (Å²) in [5.41, 5.74) is 6.51. The first-order valence-electron chi connectivity index (χ1n) is 12.5. The van der Waals surface area contributed by atoms with Gasteiger partial charge in [0.15, 0.2) is 5.82 Å². The standard InChI is InChI=1S/C30H31F2N3O4/c1-5-12-30(38,17(3)39-4)28-24(18-6-8-19(9-7-18)29(36)37)25-23(14-20(15-33)27(34)26(25)32)35(28)21-10-11-22(31)16(2)13-21/h6-11,13-15,17,33,38H,5,12,34H2,1-4H3,(H,36,37). The topological polar surface area (TPSA) is 122 Å². The molecule has 4 rings (SSSR count). The number of rotatable bonds is 9. The van der Waals surface area contributed by atoms with E-state index in [1.165, 1.54) is 31.4 Å². The minimum Gasteiger partial charge on any atom is -0.478 e. The van der Waals surface area contributed by atoms with Crippen molar-refractivity contribution in [2.45, 2.75) is 45.3 Å². The normalized spacial score (nSPS) is 13.8. The molecule has 3 aromatic carbocycles. The number of aromatic nitrogens is 1. The van der Waals surface area contributed by atoms with E-state index in [-0.39, 0.29) is 34.3 Å². The number of ether oxygens (including phenoxy) is 1. The van der Waals surface area contributed by atoms with Crippen LogP contribution >= 0.6 is 0 Å². The first-order chi connectivity index (χ1) is 18.5. The van der Waals surface area contributed by atoms with E-state index in [9.17, 15) is 19.4 Å². The Bertz CT molecular complexity index is 1580. The number of carbonyl (C=O) groups is 1. The van der Waals surface area contributed by atoms with Crippen molar-refractivity contribution >= 4 is 28.8 Å². The van der Waals surface area contributed by atoms with Crippen LogP contribution in [0.3, 0.4) is 0 Å². The molecule has 0 amide bonds. The molecule has 9 heteroatoms. The van der Waals surface area contributed by atoms with E-state index in [2.05, 4.69) is 0 Å². The number of hydrogen-bond acceptors (Lipinski definition) is 5. The van der Waals surface area contributed by atoms with E-state index in [0.717, 1.165) is 6.21 Å². The highest BCUT2D eigenvalue weighted by Gasteiger charge is 2.42.